The number of phenols is 5. The minimum atomic E-state index is -1.90. The van der Waals surface area contributed by atoms with Gasteiger partial charge in [-0.25, -0.2) is 9.21 Å². The van der Waals surface area contributed by atoms with Gasteiger partial charge in [-0.2, -0.15) is 0 Å². The molecule has 0 aliphatic carbocycles. The fraction of sp³-hybridized carbons (Fsp3) is 0.314. The van der Waals surface area contributed by atoms with Gasteiger partial charge in [-0.05, 0) is 35.9 Å². The molecular weight excluding hydrogens is 728 g/mol. The molecule has 18 heteroatoms. The van der Waals surface area contributed by atoms with Crippen LogP contribution in [0.5, 0.6) is 34.5 Å². The van der Waals surface area contributed by atoms with Gasteiger partial charge in [-0.1, -0.05) is 12.1 Å². The number of carbonyl (C=O) groups is 1. The van der Waals surface area contributed by atoms with E-state index in [0.29, 0.717) is 5.56 Å². The number of ether oxygens (including phenoxy) is 5. The first-order chi connectivity index (χ1) is 24.8. The molecular formula is C35H35ClO17. The molecule has 3 aromatic carbocycles. The lowest BCUT2D eigenvalue weighted by molar-refractivity contribution is -0.345. The molecule has 0 bridgehead atoms. The molecule has 2 aliphatic rings. The molecule has 2 aliphatic heterocycles. The van der Waals surface area contributed by atoms with E-state index < -0.39 is 91.7 Å². The second-order valence-electron chi connectivity index (χ2n) is 12.1. The summed E-state index contributed by atoms with van der Waals surface area (Å²) in [6.45, 7) is -1.10. The molecule has 2 saturated heterocycles. The highest BCUT2D eigenvalue weighted by atomic mass is 35.5. The van der Waals surface area contributed by atoms with Crippen molar-refractivity contribution in [3.63, 3.8) is 0 Å². The van der Waals surface area contributed by atoms with Gasteiger partial charge in [0, 0.05) is 24.3 Å². The van der Waals surface area contributed by atoms with Crippen LogP contribution in [0, 0.1) is 0 Å². The first-order valence-electron chi connectivity index (χ1n) is 15.8. The summed E-state index contributed by atoms with van der Waals surface area (Å²) in [5.41, 5.74) is 0.631. The normalized spacial score (nSPS) is 27.3. The van der Waals surface area contributed by atoms with E-state index in [4.69, 9.17) is 28.1 Å². The number of aromatic hydroxyl groups is 5. The molecule has 4 aromatic rings. The number of aliphatic hydroxyl groups excluding tert-OH is 5. The summed E-state index contributed by atoms with van der Waals surface area (Å²) in [7, 11) is 0. The number of benzene rings is 3. The van der Waals surface area contributed by atoms with Crippen molar-refractivity contribution < 1.29 is 96.4 Å². The summed E-state index contributed by atoms with van der Waals surface area (Å²) in [6.07, 6.45) is -12.9. The van der Waals surface area contributed by atoms with E-state index >= 15 is 0 Å². The lowest BCUT2D eigenvalue weighted by Gasteiger charge is -2.44. The number of phenolic OH excluding ortho intramolecular Hbond substituents is 5. The monoisotopic (exact) mass is 762 g/mol. The zero-order valence-corrected chi connectivity index (χ0v) is 28.0. The number of halogens is 1. The quantitative estimate of drug-likeness (QED) is 0.0376. The van der Waals surface area contributed by atoms with E-state index in [0.717, 1.165) is 24.3 Å². The van der Waals surface area contributed by atoms with E-state index in [1.165, 1.54) is 36.4 Å². The summed E-state index contributed by atoms with van der Waals surface area (Å²) in [5.74, 6) is -3.03. The maximum atomic E-state index is 12.5. The summed E-state index contributed by atoms with van der Waals surface area (Å²) >= 11 is 0. The van der Waals surface area contributed by atoms with Gasteiger partial charge in [0.25, 0.3) is 0 Å². The third-order valence-corrected chi connectivity index (χ3v) is 8.38. The van der Waals surface area contributed by atoms with Crippen LogP contribution in [0.1, 0.15) is 5.56 Å². The van der Waals surface area contributed by atoms with Gasteiger partial charge in [0.05, 0.1) is 18.2 Å². The zero-order valence-electron chi connectivity index (χ0n) is 27.2. The van der Waals surface area contributed by atoms with Gasteiger partial charge in [0.15, 0.2) is 23.9 Å². The molecule has 2 fully saturated rings. The number of fused-ring (bicyclic) bond motifs is 1. The van der Waals surface area contributed by atoms with Crippen molar-refractivity contribution in [2.24, 2.45) is 0 Å². The SMILES string of the molecule is O=C(/C=C/c1ccc(O)cc1)OC[C@H]1O[C@@H](Oc2cc3c(O)cc(O)cc3[o+]c2-c2ccc(O)c(O)c2)[C@H](O[C@@H]2OC[C@@H](O)[C@H](O)[C@H]2O)[C@@H](O)[C@@H]1O.[Cl-]. The van der Waals surface area contributed by atoms with E-state index in [1.807, 2.05) is 0 Å². The Balaban J connectivity index is 0.00000541. The number of carbonyl (C=O) groups excluding carboxylic acids is 1. The summed E-state index contributed by atoms with van der Waals surface area (Å²) < 4.78 is 34.5. The second-order valence-corrected chi connectivity index (χ2v) is 12.1. The van der Waals surface area contributed by atoms with Crippen LogP contribution in [-0.2, 0) is 23.7 Å². The van der Waals surface area contributed by atoms with Crippen LogP contribution in [0.4, 0.5) is 0 Å². The highest BCUT2D eigenvalue weighted by molar-refractivity contribution is 5.89. The zero-order chi connectivity index (χ0) is 37.3. The van der Waals surface area contributed by atoms with E-state index in [1.54, 1.807) is 12.1 Å². The third-order valence-electron chi connectivity index (χ3n) is 8.38. The Labute approximate surface area is 305 Å². The van der Waals surface area contributed by atoms with Crippen molar-refractivity contribution in [1.29, 1.82) is 0 Å². The van der Waals surface area contributed by atoms with Crippen LogP contribution in [0.15, 0.2) is 71.2 Å². The molecule has 6 rings (SSSR count). The average Bonchev–Trinajstić information content (AvgIpc) is 3.11. The van der Waals surface area contributed by atoms with Crippen LogP contribution in [0.25, 0.3) is 28.4 Å². The highest BCUT2D eigenvalue weighted by Gasteiger charge is 2.51. The molecule has 53 heavy (non-hydrogen) atoms. The molecule has 0 radical (unpaired) electrons. The van der Waals surface area contributed by atoms with Gasteiger partial charge in [0.2, 0.25) is 12.0 Å². The largest absolute Gasteiger partial charge is 1.00 e. The number of hydrogen-bond donors (Lipinski definition) is 10. The Bertz CT molecular complexity index is 1940. The van der Waals surface area contributed by atoms with Crippen molar-refractivity contribution in [3.8, 4) is 45.8 Å². The third kappa shape index (κ3) is 8.65. The Morgan fingerprint density at radius 1 is 0.792 bits per heavy atom. The fourth-order valence-corrected chi connectivity index (χ4v) is 5.56. The smallest absolute Gasteiger partial charge is 0.402 e. The van der Waals surface area contributed by atoms with Gasteiger partial charge >= 0.3 is 17.3 Å². The Hall–Kier alpha value is -4.95. The standard InChI is InChI=1S/C35H34O17.ClH/c36-17-5-1-15(2-6-17)3-8-27(42)47-14-26-29(44)30(45)33(52-34-31(46)28(43)23(41)13-48-34)35(51-26)50-25-12-19-21(39)10-18(37)11-24(19)49-32(25)16-4-7-20(38)22(40)9-16;/h1-12,23,26,28-31,33-35,41,43-46H,13-14H2,(H4-,36,37,38,39,40,42);1H/t23-,26-,28+,29-,30+,31-,33-,34+,35-;/m1./s1. The molecule has 3 heterocycles. The first-order valence-corrected chi connectivity index (χ1v) is 15.8. The van der Waals surface area contributed by atoms with Gasteiger partial charge < -0.3 is 87.2 Å². The van der Waals surface area contributed by atoms with Crippen LogP contribution >= 0.6 is 0 Å². The maximum Gasteiger partial charge on any atom is 0.402 e. The summed E-state index contributed by atoms with van der Waals surface area (Å²) in [5, 5.41) is 103. The summed E-state index contributed by atoms with van der Waals surface area (Å²) in [4.78, 5) is 12.5. The lowest BCUT2D eigenvalue weighted by Crippen LogP contribution is -3.00. The predicted octanol–water partition coefficient (Wildman–Crippen LogP) is -2.18. The molecule has 9 atom stereocenters. The van der Waals surface area contributed by atoms with Crippen LogP contribution in [-0.4, -0.2) is 126 Å². The molecule has 1 aromatic heterocycles. The molecule has 0 unspecified atom stereocenters. The number of rotatable bonds is 9. The summed E-state index contributed by atoms with van der Waals surface area (Å²) in [6, 6.07) is 13.0. The van der Waals surface area contributed by atoms with Crippen molar-refractivity contribution in [1.82, 2.24) is 0 Å². The molecule has 284 valence electrons. The topological polar surface area (TPSA) is 277 Å². The van der Waals surface area contributed by atoms with Gasteiger partial charge in [-0.3, -0.25) is 0 Å². The van der Waals surface area contributed by atoms with E-state index in [-0.39, 0.29) is 51.9 Å². The first kappa shape index (κ1) is 39.3. The van der Waals surface area contributed by atoms with Crippen molar-refractivity contribution >= 4 is 23.0 Å². The average molecular weight is 763 g/mol. The fourth-order valence-electron chi connectivity index (χ4n) is 5.56. The highest BCUT2D eigenvalue weighted by Crippen LogP contribution is 2.42. The molecule has 0 saturated carbocycles. The number of aliphatic hydroxyl groups is 5. The Morgan fingerprint density at radius 3 is 2.25 bits per heavy atom. The minimum absolute atomic E-state index is 0. The molecule has 17 nitrogen and oxygen atoms in total. The van der Waals surface area contributed by atoms with Crippen LogP contribution in [0.3, 0.4) is 0 Å². The van der Waals surface area contributed by atoms with Crippen LogP contribution in [0.2, 0.25) is 0 Å². The van der Waals surface area contributed by atoms with E-state index in [2.05, 4.69) is 0 Å². The Kier molecular flexibility index (Phi) is 12.1. The lowest BCUT2D eigenvalue weighted by atomic mass is 9.98. The maximum absolute atomic E-state index is 12.5. The second kappa shape index (κ2) is 16.4. The minimum Gasteiger partial charge on any atom is -1.00 e. The predicted molar refractivity (Wildman–Crippen MR) is 175 cm³/mol. The van der Waals surface area contributed by atoms with E-state index in [9.17, 15) is 55.9 Å². The molecule has 0 spiro atoms. The van der Waals surface area contributed by atoms with Crippen LogP contribution < -0.4 is 17.1 Å². The van der Waals surface area contributed by atoms with Crippen molar-refractivity contribution in [2.45, 2.75) is 55.3 Å². The van der Waals surface area contributed by atoms with Crippen molar-refractivity contribution in [3.05, 3.63) is 72.3 Å². The molecule has 10 N–H and O–H groups in total. The number of hydrogen-bond acceptors (Lipinski definition) is 16. The Morgan fingerprint density at radius 2 is 1.53 bits per heavy atom. The van der Waals surface area contributed by atoms with Gasteiger partial charge in [0.1, 0.15) is 65.9 Å². The molecule has 0 amide bonds. The number of esters is 1. The van der Waals surface area contributed by atoms with Crippen molar-refractivity contribution in [2.75, 3.05) is 13.2 Å². The van der Waals surface area contributed by atoms with Gasteiger partial charge in [-0.15, -0.1) is 0 Å².